The first-order chi connectivity index (χ1) is 15.1. The minimum Gasteiger partial charge on any atom is -0.466 e. The van der Waals surface area contributed by atoms with Crippen molar-refractivity contribution in [2.24, 2.45) is 0 Å². The zero-order chi connectivity index (χ0) is 23.1. The predicted octanol–water partition coefficient (Wildman–Crippen LogP) is 2.18. The Kier molecular flexibility index (Phi) is 6.21. The number of piperidine rings is 1. The zero-order valence-corrected chi connectivity index (χ0v) is 19.5. The maximum atomic E-state index is 14.8. The van der Waals surface area contributed by atoms with Crippen LogP contribution in [0.3, 0.4) is 0 Å². The van der Waals surface area contributed by atoms with E-state index in [0.717, 1.165) is 32.2 Å². The normalized spacial score (nSPS) is 22.4. The number of amides is 1. The molecule has 0 bridgehead atoms. The lowest BCUT2D eigenvalue weighted by Gasteiger charge is -2.33. The van der Waals surface area contributed by atoms with Gasteiger partial charge in [-0.25, -0.2) is 27.2 Å². The first-order valence-electron chi connectivity index (χ1n) is 10.0. The standard InChI is InChI=1S/C20H21BrF2N4O4S/c1-32(29,30)16-11-13(22)15(10-14(16)23)31-20(18-25-8-4-17(21)26-18)5-9-27(19(20)28)12-2-6-24-7-3-12/h4,8,10-12,24H,2-3,5-7,9H2,1H3. The van der Waals surface area contributed by atoms with Crippen LogP contribution in [0.4, 0.5) is 8.78 Å². The molecular weight excluding hydrogens is 510 g/mol. The van der Waals surface area contributed by atoms with Crippen molar-refractivity contribution in [3.63, 3.8) is 0 Å². The van der Waals surface area contributed by atoms with Gasteiger partial charge >= 0.3 is 0 Å². The highest BCUT2D eigenvalue weighted by Crippen LogP contribution is 2.40. The molecule has 8 nitrogen and oxygen atoms in total. The van der Waals surface area contributed by atoms with Gasteiger partial charge in [0.2, 0.25) is 5.60 Å². The quantitative estimate of drug-likeness (QED) is 0.591. The van der Waals surface area contributed by atoms with Crippen LogP contribution in [0.15, 0.2) is 33.9 Å². The number of ether oxygens (including phenoxy) is 1. The Morgan fingerprint density at radius 1 is 1.25 bits per heavy atom. The lowest BCUT2D eigenvalue weighted by molar-refractivity contribution is -0.144. The Balaban J connectivity index is 1.77. The van der Waals surface area contributed by atoms with Crippen LogP contribution in [0, 0.1) is 11.6 Å². The SMILES string of the molecule is CS(=O)(=O)c1cc(F)c(OC2(c3nccc(Br)n3)CCN(C3CCNCC3)C2=O)cc1F. The van der Waals surface area contributed by atoms with Crippen molar-refractivity contribution in [1.82, 2.24) is 20.2 Å². The number of halogens is 3. The molecule has 172 valence electrons. The summed E-state index contributed by atoms with van der Waals surface area (Å²) in [5.74, 6) is -3.28. The van der Waals surface area contributed by atoms with E-state index in [2.05, 4.69) is 31.2 Å². The Morgan fingerprint density at radius 3 is 2.62 bits per heavy atom. The number of carbonyl (C=O) groups is 1. The molecule has 1 atom stereocenters. The van der Waals surface area contributed by atoms with Crippen LogP contribution in [-0.2, 0) is 20.2 Å². The number of hydrogen-bond acceptors (Lipinski definition) is 7. The molecule has 0 spiro atoms. The highest BCUT2D eigenvalue weighted by atomic mass is 79.9. The molecule has 12 heteroatoms. The lowest BCUT2D eigenvalue weighted by atomic mass is 9.99. The van der Waals surface area contributed by atoms with Crippen molar-refractivity contribution >= 4 is 31.7 Å². The molecule has 3 heterocycles. The summed E-state index contributed by atoms with van der Waals surface area (Å²) in [5, 5.41) is 3.24. The summed E-state index contributed by atoms with van der Waals surface area (Å²) in [6.45, 7) is 1.87. The Morgan fingerprint density at radius 2 is 1.97 bits per heavy atom. The van der Waals surface area contributed by atoms with E-state index < -0.39 is 43.6 Å². The number of hydrogen-bond donors (Lipinski definition) is 1. The van der Waals surface area contributed by atoms with Gasteiger partial charge in [-0.3, -0.25) is 4.79 Å². The van der Waals surface area contributed by atoms with Crippen molar-refractivity contribution in [1.29, 1.82) is 0 Å². The Hall–Kier alpha value is -2.18. The average molecular weight is 531 g/mol. The second-order valence-corrected chi connectivity index (χ2v) is 10.6. The molecule has 2 saturated heterocycles. The molecule has 0 saturated carbocycles. The van der Waals surface area contributed by atoms with E-state index in [1.54, 1.807) is 11.0 Å². The molecule has 2 aliphatic rings. The smallest absolute Gasteiger partial charge is 0.275 e. The second-order valence-electron chi connectivity index (χ2n) is 7.85. The summed E-state index contributed by atoms with van der Waals surface area (Å²) in [6.07, 6.45) is 3.85. The summed E-state index contributed by atoms with van der Waals surface area (Å²) in [5.41, 5.74) is -1.77. The number of aromatic nitrogens is 2. The molecular formula is C20H21BrF2N4O4S. The van der Waals surface area contributed by atoms with Crippen molar-refractivity contribution in [2.45, 2.75) is 35.8 Å². The van der Waals surface area contributed by atoms with Gasteiger partial charge in [0, 0.05) is 37.5 Å². The molecule has 1 unspecified atom stereocenters. The molecule has 0 aliphatic carbocycles. The van der Waals surface area contributed by atoms with Crippen LogP contribution in [0.25, 0.3) is 0 Å². The zero-order valence-electron chi connectivity index (χ0n) is 17.1. The van der Waals surface area contributed by atoms with E-state index in [1.165, 1.54) is 6.20 Å². The van der Waals surface area contributed by atoms with Crippen LogP contribution in [-0.4, -0.2) is 61.1 Å². The number of benzene rings is 1. The van der Waals surface area contributed by atoms with E-state index in [-0.39, 0.29) is 18.3 Å². The number of nitrogens with one attached hydrogen (secondary N) is 1. The maximum absolute atomic E-state index is 14.8. The van der Waals surface area contributed by atoms with E-state index in [9.17, 15) is 22.0 Å². The number of rotatable bonds is 5. The van der Waals surface area contributed by atoms with Crippen molar-refractivity contribution < 1.29 is 26.7 Å². The van der Waals surface area contributed by atoms with Gasteiger partial charge in [0.15, 0.2) is 27.2 Å². The monoisotopic (exact) mass is 530 g/mol. The molecule has 2 fully saturated rings. The van der Waals surface area contributed by atoms with E-state index in [0.29, 0.717) is 23.3 Å². The van der Waals surface area contributed by atoms with E-state index in [1.807, 2.05) is 0 Å². The average Bonchev–Trinajstić information content (AvgIpc) is 3.07. The van der Waals surface area contributed by atoms with E-state index in [4.69, 9.17) is 4.74 Å². The van der Waals surface area contributed by atoms with Gasteiger partial charge in [0.05, 0.1) is 0 Å². The first kappa shape index (κ1) is 23.0. The fraction of sp³-hybridized carbons (Fsp3) is 0.450. The molecule has 1 N–H and O–H groups in total. The number of sulfone groups is 1. The highest BCUT2D eigenvalue weighted by Gasteiger charge is 2.55. The molecule has 32 heavy (non-hydrogen) atoms. The van der Waals surface area contributed by atoms with Crippen LogP contribution in [0.5, 0.6) is 5.75 Å². The summed E-state index contributed by atoms with van der Waals surface area (Å²) in [6, 6.07) is 2.75. The second kappa shape index (κ2) is 8.64. The fourth-order valence-corrected chi connectivity index (χ4v) is 5.14. The third kappa shape index (κ3) is 4.23. The third-order valence-electron chi connectivity index (χ3n) is 5.71. The summed E-state index contributed by atoms with van der Waals surface area (Å²) >= 11 is 3.25. The Labute approximate surface area is 192 Å². The van der Waals surface area contributed by atoms with Gasteiger partial charge in [0.1, 0.15) is 15.3 Å². The Bertz CT molecular complexity index is 1160. The molecule has 2 aromatic rings. The minimum absolute atomic E-state index is 0.0142. The molecule has 4 rings (SSSR count). The number of likely N-dealkylation sites (tertiary alicyclic amines) is 1. The summed E-state index contributed by atoms with van der Waals surface area (Å²) < 4.78 is 59.0. The van der Waals surface area contributed by atoms with Gasteiger partial charge in [0.25, 0.3) is 5.91 Å². The summed E-state index contributed by atoms with van der Waals surface area (Å²) in [7, 11) is -3.99. The maximum Gasteiger partial charge on any atom is 0.275 e. The van der Waals surface area contributed by atoms with Gasteiger partial charge in [-0.05, 0) is 54.0 Å². The third-order valence-corrected chi connectivity index (χ3v) is 7.27. The van der Waals surface area contributed by atoms with Crippen LogP contribution >= 0.6 is 15.9 Å². The van der Waals surface area contributed by atoms with Crippen LogP contribution < -0.4 is 10.1 Å². The molecule has 0 radical (unpaired) electrons. The van der Waals surface area contributed by atoms with Gasteiger partial charge in [-0.15, -0.1) is 0 Å². The van der Waals surface area contributed by atoms with Crippen LogP contribution in [0.2, 0.25) is 0 Å². The first-order valence-corrected chi connectivity index (χ1v) is 12.7. The van der Waals surface area contributed by atoms with Crippen molar-refractivity contribution in [3.8, 4) is 5.75 Å². The minimum atomic E-state index is -3.99. The topological polar surface area (TPSA) is 101 Å². The van der Waals surface area contributed by atoms with Gasteiger partial charge < -0.3 is 15.0 Å². The van der Waals surface area contributed by atoms with Crippen LogP contribution in [0.1, 0.15) is 25.1 Å². The fourth-order valence-electron chi connectivity index (χ4n) is 4.12. The largest absolute Gasteiger partial charge is 0.466 e. The summed E-state index contributed by atoms with van der Waals surface area (Å²) in [4.78, 5) is 23.0. The number of nitrogens with zero attached hydrogens (tertiary/aromatic N) is 3. The predicted molar refractivity (Wildman–Crippen MR) is 114 cm³/mol. The molecule has 2 aliphatic heterocycles. The van der Waals surface area contributed by atoms with Crippen molar-refractivity contribution in [2.75, 3.05) is 25.9 Å². The van der Waals surface area contributed by atoms with Gasteiger partial charge in [-0.2, -0.15) is 0 Å². The van der Waals surface area contributed by atoms with Gasteiger partial charge in [-0.1, -0.05) is 0 Å². The molecule has 1 aromatic carbocycles. The number of carbonyl (C=O) groups excluding carboxylic acids is 1. The molecule has 1 amide bonds. The van der Waals surface area contributed by atoms with E-state index >= 15 is 0 Å². The molecule has 1 aromatic heterocycles. The lowest BCUT2D eigenvalue weighted by Crippen LogP contribution is -2.49. The highest BCUT2D eigenvalue weighted by molar-refractivity contribution is 9.10. The van der Waals surface area contributed by atoms with Crippen molar-refractivity contribution in [3.05, 3.63) is 46.5 Å².